The highest BCUT2D eigenvalue weighted by Crippen LogP contribution is 2.34. The lowest BCUT2D eigenvalue weighted by molar-refractivity contribution is 0.0374. The van der Waals surface area contributed by atoms with Crippen molar-refractivity contribution in [2.45, 2.75) is 22.0 Å². The van der Waals surface area contributed by atoms with Gasteiger partial charge in [0.25, 0.3) is 0 Å². The fourth-order valence-electron chi connectivity index (χ4n) is 3.51. The lowest BCUT2D eigenvalue weighted by atomic mass is 10.1. The van der Waals surface area contributed by atoms with E-state index in [0.717, 1.165) is 47.6 Å². The molecule has 2 aliphatic rings. The number of rotatable bonds is 3. The first-order chi connectivity index (χ1) is 13.7. The van der Waals surface area contributed by atoms with Crippen LogP contribution in [0.2, 0.25) is 5.02 Å². The topological polar surface area (TPSA) is 102 Å². The molecule has 0 aliphatic carbocycles. The third-order valence-electron chi connectivity index (χ3n) is 4.78. The number of halogens is 1. The number of aromatic nitrogens is 4. The minimum Gasteiger partial charge on any atom is -0.382 e. The highest BCUT2D eigenvalue weighted by atomic mass is 35.5. The molecule has 2 aliphatic heterocycles. The quantitative estimate of drug-likeness (QED) is 0.664. The van der Waals surface area contributed by atoms with E-state index >= 15 is 0 Å². The van der Waals surface area contributed by atoms with E-state index in [-0.39, 0.29) is 0 Å². The van der Waals surface area contributed by atoms with Crippen molar-refractivity contribution in [1.29, 1.82) is 0 Å². The van der Waals surface area contributed by atoms with E-state index in [1.807, 2.05) is 18.2 Å². The minimum atomic E-state index is 0.308. The van der Waals surface area contributed by atoms with Gasteiger partial charge in [0.1, 0.15) is 22.2 Å². The van der Waals surface area contributed by atoms with Crippen molar-refractivity contribution >= 4 is 46.2 Å². The van der Waals surface area contributed by atoms with Crippen molar-refractivity contribution in [3.63, 3.8) is 0 Å². The SMILES string of the molecule is Nc1nccc(Sc2ccc3nc(N4CC5COCC(C4)N5)cnc3n2)c1Cl. The van der Waals surface area contributed by atoms with Gasteiger partial charge in [-0.2, -0.15) is 0 Å². The van der Waals surface area contributed by atoms with Gasteiger partial charge in [0, 0.05) is 36.3 Å². The molecule has 144 valence electrons. The maximum Gasteiger partial charge on any atom is 0.179 e. The molecule has 2 fully saturated rings. The summed E-state index contributed by atoms with van der Waals surface area (Å²) < 4.78 is 5.61. The molecule has 10 heteroatoms. The van der Waals surface area contributed by atoms with Crippen LogP contribution in [0.25, 0.3) is 11.2 Å². The maximum atomic E-state index is 6.22. The van der Waals surface area contributed by atoms with Crippen LogP contribution in [0.3, 0.4) is 0 Å². The molecule has 0 amide bonds. The number of hydrogen-bond donors (Lipinski definition) is 2. The number of piperazine rings is 1. The Labute approximate surface area is 170 Å². The number of ether oxygens (including phenoxy) is 1. The molecule has 8 nitrogen and oxygen atoms in total. The second-order valence-corrected chi connectivity index (χ2v) is 8.27. The van der Waals surface area contributed by atoms with Gasteiger partial charge in [0.2, 0.25) is 0 Å². The van der Waals surface area contributed by atoms with Gasteiger partial charge >= 0.3 is 0 Å². The number of fused-ring (bicyclic) bond motifs is 3. The van der Waals surface area contributed by atoms with Gasteiger partial charge in [-0.05, 0) is 18.2 Å². The van der Waals surface area contributed by atoms with Crippen molar-refractivity contribution in [2.75, 3.05) is 36.9 Å². The van der Waals surface area contributed by atoms with Gasteiger partial charge in [-0.25, -0.2) is 19.9 Å². The molecule has 5 rings (SSSR count). The lowest BCUT2D eigenvalue weighted by Gasteiger charge is -2.42. The van der Waals surface area contributed by atoms with Crippen molar-refractivity contribution in [3.8, 4) is 0 Å². The van der Waals surface area contributed by atoms with Gasteiger partial charge in [-0.1, -0.05) is 23.4 Å². The molecule has 0 spiro atoms. The molecule has 3 aromatic rings. The third-order valence-corrected chi connectivity index (χ3v) is 6.28. The van der Waals surface area contributed by atoms with Crippen LogP contribution >= 0.6 is 23.4 Å². The summed E-state index contributed by atoms with van der Waals surface area (Å²) in [4.78, 5) is 21.0. The number of anilines is 2. The zero-order valence-corrected chi connectivity index (χ0v) is 16.5. The highest BCUT2D eigenvalue weighted by Gasteiger charge is 2.31. The van der Waals surface area contributed by atoms with Crippen LogP contribution in [0.4, 0.5) is 11.6 Å². The summed E-state index contributed by atoms with van der Waals surface area (Å²) in [7, 11) is 0. The Morgan fingerprint density at radius 1 is 1.14 bits per heavy atom. The number of nitrogen functional groups attached to an aromatic ring is 1. The van der Waals surface area contributed by atoms with E-state index in [4.69, 9.17) is 27.1 Å². The first-order valence-electron chi connectivity index (χ1n) is 8.96. The van der Waals surface area contributed by atoms with Crippen LogP contribution in [-0.2, 0) is 4.74 Å². The summed E-state index contributed by atoms with van der Waals surface area (Å²) in [5.41, 5.74) is 7.14. The average Bonchev–Trinajstić information content (AvgIpc) is 2.71. The van der Waals surface area contributed by atoms with Crippen molar-refractivity contribution in [3.05, 3.63) is 35.6 Å². The van der Waals surface area contributed by atoms with E-state index in [9.17, 15) is 0 Å². The standard InChI is InChI=1S/C18H18ClN7OS/c19-16-13(3-4-21-17(16)20)28-15-2-1-12-18(25-15)22-5-14(24-12)26-6-10-8-27-9-11(7-26)23-10/h1-5,10-11,23H,6-9H2,(H2,20,21). The van der Waals surface area contributed by atoms with Crippen molar-refractivity contribution in [1.82, 2.24) is 25.3 Å². The summed E-state index contributed by atoms with van der Waals surface area (Å²) in [6, 6.07) is 6.33. The fraction of sp³-hybridized carbons (Fsp3) is 0.333. The number of nitrogens with one attached hydrogen (secondary N) is 1. The molecule has 2 saturated heterocycles. The molecular weight excluding hydrogens is 398 g/mol. The zero-order chi connectivity index (χ0) is 19.1. The predicted octanol–water partition coefficient (Wildman–Crippen LogP) is 1.98. The number of pyridine rings is 2. The molecular formula is C18H18ClN7OS. The van der Waals surface area contributed by atoms with E-state index in [1.165, 1.54) is 11.8 Å². The van der Waals surface area contributed by atoms with Crippen molar-refractivity contribution in [2.24, 2.45) is 0 Å². The fourth-order valence-corrected chi connectivity index (χ4v) is 4.55. The largest absolute Gasteiger partial charge is 0.382 e. The first kappa shape index (κ1) is 17.9. The van der Waals surface area contributed by atoms with Gasteiger partial charge in [-0.15, -0.1) is 0 Å². The van der Waals surface area contributed by atoms with Gasteiger partial charge < -0.3 is 20.7 Å². The number of hydrogen-bond acceptors (Lipinski definition) is 9. The van der Waals surface area contributed by atoms with Crippen LogP contribution in [-0.4, -0.2) is 58.3 Å². The summed E-state index contributed by atoms with van der Waals surface area (Å²) >= 11 is 7.65. The molecule has 2 atom stereocenters. The van der Waals surface area contributed by atoms with Crippen LogP contribution in [0, 0.1) is 0 Å². The number of nitrogens with zero attached hydrogens (tertiary/aromatic N) is 5. The summed E-state index contributed by atoms with van der Waals surface area (Å²) in [5, 5.41) is 4.78. The van der Waals surface area contributed by atoms with Crippen LogP contribution in [0.1, 0.15) is 0 Å². The Hall–Kier alpha value is -2.20. The summed E-state index contributed by atoms with van der Waals surface area (Å²) in [6.07, 6.45) is 3.42. The Bertz CT molecular complexity index is 1020. The van der Waals surface area contributed by atoms with E-state index in [2.05, 4.69) is 25.2 Å². The van der Waals surface area contributed by atoms with Crippen LogP contribution in [0.15, 0.2) is 40.5 Å². The molecule has 28 heavy (non-hydrogen) atoms. The molecule has 3 N–H and O–H groups in total. The number of nitrogens with two attached hydrogens (primary N) is 1. The highest BCUT2D eigenvalue weighted by molar-refractivity contribution is 7.99. The minimum absolute atomic E-state index is 0.308. The van der Waals surface area contributed by atoms with E-state index < -0.39 is 0 Å². The van der Waals surface area contributed by atoms with Crippen molar-refractivity contribution < 1.29 is 4.74 Å². The van der Waals surface area contributed by atoms with Crippen LogP contribution < -0.4 is 16.0 Å². The van der Waals surface area contributed by atoms with Gasteiger partial charge in [0.15, 0.2) is 5.65 Å². The average molecular weight is 416 g/mol. The Balaban J connectivity index is 1.39. The third kappa shape index (κ3) is 3.46. The molecule has 2 unspecified atom stereocenters. The Morgan fingerprint density at radius 3 is 2.79 bits per heavy atom. The molecule has 2 bridgehead atoms. The molecule has 0 saturated carbocycles. The Morgan fingerprint density at radius 2 is 1.96 bits per heavy atom. The smallest absolute Gasteiger partial charge is 0.179 e. The van der Waals surface area contributed by atoms with Gasteiger partial charge in [-0.3, -0.25) is 0 Å². The first-order valence-corrected chi connectivity index (χ1v) is 10.2. The van der Waals surface area contributed by atoms with E-state index in [0.29, 0.717) is 28.6 Å². The monoisotopic (exact) mass is 415 g/mol. The van der Waals surface area contributed by atoms with Crippen LogP contribution in [0.5, 0.6) is 0 Å². The second kappa shape index (κ2) is 7.32. The summed E-state index contributed by atoms with van der Waals surface area (Å²) in [6.45, 7) is 3.19. The molecule has 3 aromatic heterocycles. The van der Waals surface area contributed by atoms with Gasteiger partial charge in [0.05, 0.1) is 24.4 Å². The molecule has 0 aromatic carbocycles. The lowest BCUT2D eigenvalue weighted by Crippen LogP contribution is -2.63. The summed E-state index contributed by atoms with van der Waals surface area (Å²) in [5.74, 6) is 1.18. The van der Waals surface area contributed by atoms with E-state index in [1.54, 1.807) is 12.4 Å². The Kier molecular flexibility index (Phi) is 4.67. The molecule has 0 radical (unpaired) electrons. The maximum absolute atomic E-state index is 6.22. The predicted molar refractivity (Wildman–Crippen MR) is 109 cm³/mol. The zero-order valence-electron chi connectivity index (χ0n) is 14.9. The molecule has 5 heterocycles. The normalized spacial score (nSPS) is 21.8. The second-order valence-electron chi connectivity index (χ2n) is 6.83. The number of morpholine rings is 1.